The van der Waals surface area contributed by atoms with Crippen LogP contribution in [0.4, 0.5) is 4.39 Å². The Balaban J connectivity index is 2.05. The highest BCUT2D eigenvalue weighted by Crippen LogP contribution is 2.29. The summed E-state index contributed by atoms with van der Waals surface area (Å²) >= 11 is 0. The van der Waals surface area contributed by atoms with Crippen molar-refractivity contribution in [1.29, 1.82) is 0 Å². The van der Waals surface area contributed by atoms with E-state index in [2.05, 4.69) is 10.3 Å². The second-order valence-corrected chi connectivity index (χ2v) is 11.2. The number of aldehydes is 1. The van der Waals surface area contributed by atoms with E-state index in [4.69, 9.17) is 4.18 Å². The molecule has 0 bridgehead atoms. The van der Waals surface area contributed by atoms with E-state index in [0.717, 1.165) is 15.7 Å². The van der Waals surface area contributed by atoms with E-state index in [-0.39, 0.29) is 25.2 Å². The van der Waals surface area contributed by atoms with E-state index in [0.29, 0.717) is 36.9 Å². The predicted octanol–water partition coefficient (Wildman–Crippen LogP) is 1.11. The van der Waals surface area contributed by atoms with Gasteiger partial charge in [-0.3, -0.25) is 23.7 Å². The Morgan fingerprint density at radius 3 is 2.62 bits per heavy atom. The van der Waals surface area contributed by atoms with Gasteiger partial charge >= 0.3 is 10.1 Å². The van der Waals surface area contributed by atoms with Crippen molar-refractivity contribution >= 4 is 34.3 Å². The Hall–Kier alpha value is -3.91. The van der Waals surface area contributed by atoms with Crippen molar-refractivity contribution in [3.63, 3.8) is 0 Å². The number of rotatable bonds is 10. The van der Waals surface area contributed by atoms with Gasteiger partial charge in [0.1, 0.15) is 11.6 Å². The van der Waals surface area contributed by atoms with Crippen LogP contribution in [-0.4, -0.2) is 79.8 Å². The largest absolute Gasteiger partial charge is 0.374 e. The number of benzene rings is 1. The Bertz CT molecular complexity index is 1490. The van der Waals surface area contributed by atoms with Crippen LogP contribution in [0.1, 0.15) is 52.7 Å². The summed E-state index contributed by atoms with van der Waals surface area (Å²) < 4.78 is 44.0. The quantitative estimate of drug-likeness (QED) is 0.249. The van der Waals surface area contributed by atoms with Gasteiger partial charge in [0.2, 0.25) is 12.0 Å². The van der Waals surface area contributed by atoms with E-state index in [1.54, 1.807) is 6.08 Å². The summed E-state index contributed by atoms with van der Waals surface area (Å²) in [6, 6.07) is 3.22. The van der Waals surface area contributed by atoms with E-state index in [9.17, 15) is 32.0 Å². The predicted molar refractivity (Wildman–Crippen MR) is 145 cm³/mol. The molecular formula is C26H32FN5O7S. The first-order valence-electron chi connectivity index (χ1n) is 12.5. The zero-order valence-electron chi connectivity index (χ0n) is 22.7. The number of amides is 2. The lowest BCUT2D eigenvalue weighted by molar-refractivity contribution is -0.139. The molecule has 1 aromatic heterocycles. The molecule has 216 valence electrons. The van der Waals surface area contributed by atoms with Crippen molar-refractivity contribution < 1.29 is 31.4 Å². The maximum Gasteiger partial charge on any atom is 0.306 e. The molecule has 1 unspecified atom stereocenters. The minimum Gasteiger partial charge on any atom is -0.374 e. The smallest absolute Gasteiger partial charge is 0.306 e. The van der Waals surface area contributed by atoms with Gasteiger partial charge in [-0.1, -0.05) is 18.2 Å². The molecule has 1 atom stereocenters. The zero-order valence-corrected chi connectivity index (χ0v) is 23.5. The van der Waals surface area contributed by atoms with Crippen LogP contribution in [0.3, 0.4) is 0 Å². The van der Waals surface area contributed by atoms with Gasteiger partial charge in [0.15, 0.2) is 5.69 Å². The highest BCUT2D eigenvalue weighted by atomic mass is 32.2. The topological polar surface area (TPSA) is 148 Å². The molecule has 2 heterocycles. The molecular weight excluding hydrogens is 545 g/mol. The molecule has 0 saturated carbocycles. The van der Waals surface area contributed by atoms with Gasteiger partial charge in [0, 0.05) is 26.7 Å². The molecule has 0 saturated heterocycles. The number of hydrogen-bond acceptors (Lipinski definition) is 9. The molecule has 0 radical (unpaired) electrons. The van der Waals surface area contributed by atoms with Crippen LogP contribution in [0.15, 0.2) is 29.1 Å². The average Bonchev–Trinajstić information content (AvgIpc) is 3.10. The highest BCUT2D eigenvalue weighted by molar-refractivity contribution is 7.86. The van der Waals surface area contributed by atoms with Gasteiger partial charge in [-0.25, -0.2) is 9.37 Å². The summed E-state index contributed by atoms with van der Waals surface area (Å²) in [6.07, 6.45) is 5.83. The van der Waals surface area contributed by atoms with Crippen molar-refractivity contribution in [3.05, 3.63) is 63.1 Å². The van der Waals surface area contributed by atoms with Crippen molar-refractivity contribution in [3.8, 4) is 5.75 Å². The number of likely N-dealkylation sites (N-methyl/N-ethyl adjacent to an activating group) is 2. The monoisotopic (exact) mass is 577 g/mol. The Morgan fingerprint density at radius 2 is 1.98 bits per heavy atom. The van der Waals surface area contributed by atoms with Crippen molar-refractivity contribution in [2.75, 3.05) is 33.9 Å². The molecule has 14 heteroatoms. The molecule has 2 amide bonds. The molecule has 1 N–H and O–H groups in total. The molecule has 2 aromatic rings. The van der Waals surface area contributed by atoms with E-state index in [1.807, 2.05) is 25.1 Å². The van der Waals surface area contributed by atoms with Crippen LogP contribution in [-0.2, 0) is 32.8 Å². The molecule has 0 fully saturated rings. The van der Waals surface area contributed by atoms with E-state index >= 15 is 0 Å². The minimum absolute atomic E-state index is 0.0280. The van der Waals surface area contributed by atoms with E-state index in [1.165, 1.54) is 25.2 Å². The molecule has 3 rings (SSSR count). The number of fused-ring (bicyclic) bond motifs is 1. The number of hydrogen-bond donors (Lipinski definition) is 1. The van der Waals surface area contributed by atoms with Crippen LogP contribution in [0.2, 0.25) is 0 Å². The minimum atomic E-state index is -4.23. The number of carbonyl (C=O) groups is 3. The fourth-order valence-corrected chi connectivity index (χ4v) is 4.73. The lowest BCUT2D eigenvalue weighted by atomic mass is 10.1. The number of carbonyl (C=O) groups excluding carboxylic acids is 3. The highest BCUT2D eigenvalue weighted by Gasteiger charge is 2.33. The van der Waals surface area contributed by atoms with Crippen molar-refractivity contribution in [2.45, 2.75) is 38.4 Å². The van der Waals surface area contributed by atoms with Crippen LogP contribution in [0, 0.1) is 5.82 Å². The summed E-state index contributed by atoms with van der Waals surface area (Å²) in [5, 5.41) is 2.60. The van der Waals surface area contributed by atoms with Gasteiger partial charge in [-0.15, -0.1) is 0 Å². The summed E-state index contributed by atoms with van der Waals surface area (Å²) in [5.41, 5.74) is -0.435. The van der Waals surface area contributed by atoms with Gasteiger partial charge < -0.3 is 19.3 Å². The molecule has 1 aliphatic rings. The number of halogens is 1. The SMILES string of the molecule is CN(C)C/C=C/c1cc(F)ccc1CNC(=O)c1nc2n(c(=O)c1OS(C)(=O)=O)CCCCC2N(C)C(=O)C=O. The Kier molecular flexibility index (Phi) is 9.93. The van der Waals surface area contributed by atoms with Crippen molar-refractivity contribution in [1.82, 2.24) is 24.7 Å². The lowest BCUT2D eigenvalue weighted by Gasteiger charge is -2.27. The molecule has 0 spiro atoms. The Morgan fingerprint density at radius 1 is 1.25 bits per heavy atom. The molecule has 1 aliphatic heterocycles. The van der Waals surface area contributed by atoms with Crippen LogP contribution >= 0.6 is 0 Å². The fraction of sp³-hybridized carbons (Fsp3) is 0.423. The third-order valence-electron chi connectivity index (χ3n) is 6.25. The number of nitrogens with zero attached hydrogens (tertiary/aromatic N) is 4. The number of nitrogens with one attached hydrogen (secondary N) is 1. The van der Waals surface area contributed by atoms with Gasteiger partial charge in [0.05, 0.1) is 12.3 Å². The summed E-state index contributed by atoms with van der Waals surface area (Å²) in [5.74, 6) is -2.98. The molecule has 0 aliphatic carbocycles. The van der Waals surface area contributed by atoms with Gasteiger partial charge in [-0.2, -0.15) is 8.42 Å². The first kappa shape index (κ1) is 30.6. The lowest BCUT2D eigenvalue weighted by Crippen LogP contribution is -2.38. The maximum absolute atomic E-state index is 13.9. The maximum atomic E-state index is 13.9. The van der Waals surface area contributed by atoms with Gasteiger partial charge in [0.25, 0.3) is 17.4 Å². The molecule has 1 aromatic carbocycles. The van der Waals surface area contributed by atoms with E-state index < -0.39 is 50.8 Å². The first-order valence-corrected chi connectivity index (χ1v) is 14.3. The Labute approximate surface area is 231 Å². The number of aromatic nitrogens is 2. The third-order valence-corrected chi connectivity index (χ3v) is 6.72. The summed E-state index contributed by atoms with van der Waals surface area (Å²) in [4.78, 5) is 57.5. The van der Waals surface area contributed by atoms with Crippen LogP contribution < -0.4 is 15.1 Å². The van der Waals surface area contributed by atoms with Crippen molar-refractivity contribution in [2.24, 2.45) is 0 Å². The zero-order chi connectivity index (χ0) is 29.6. The summed E-state index contributed by atoms with van der Waals surface area (Å²) in [7, 11) is 0.896. The summed E-state index contributed by atoms with van der Waals surface area (Å²) in [6.45, 7) is 0.632. The van der Waals surface area contributed by atoms with Crippen LogP contribution in [0.5, 0.6) is 5.75 Å². The molecule has 12 nitrogen and oxygen atoms in total. The first-order chi connectivity index (χ1) is 18.8. The third kappa shape index (κ3) is 7.60. The normalized spacial score (nSPS) is 15.4. The second-order valence-electron chi connectivity index (χ2n) is 9.66. The second kappa shape index (κ2) is 13.0. The average molecular weight is 578 g/mol. The fourth-order valence-electron chi connectivity index (χ4n) is 4.28. The molecule has 40 heavy (non-hydrogen) atoms. The van der Waals surface area contributed by atoms with Gasteiger partial charge in [-0.05, 0) is 56.6 Å². The standard InChI is InChI=1S/C26H32FN5O7S/c1-30(2)12-7-8-17-14-19(27)11-10-18(17)15-28-25(35)22-23(39-40(4,37)38)26(36)32-13-6-5-9-20(24(32)29-22)31(3)21(34)16-33/h7-8,10-11,14,16,20H,5-6,9,12-13,15H2,1-4H3,(H,28,35)/b8-7+. The van der Waals surface area contributed by atoms with Crippen LogP contribution in [0.25, 0.3) is 6.08 Å².